The van der Waals surface area contributed by atoms with Crippen LogP contribution in [0.25, 0.3) is 5.57 Å². The van der Waals surface area contributed by atoms with E-state index in [1.165, 1.54) is 36.0 Å². The zero-order valence-electron chi connectivity index (χ0n) is 17.5. The zero-order valence-corrected chi connectivity index (χ0v) is 17.5. The fourth-order valence-electron chi connectivity index (χ4n) is 3.92. The Balaban J connectivity index is 1.86. The van der Waals surface area contributed by atoms with Gasteiger partial charge in [-0.15, -0.1) is 0 Å². The van der Waals surface area contributed by atoms with Crippen LogP contribution >= 0.6 is 0 Å². The molecule has 0 saturated carbocycles. The quantitative estimate of drug-likeness (QED) is 0.464. The molecule has 2 unspecified atom stereocenters. The molecule has 2 aromatic carbocycles. The Hall–Kier alpha value is -2.52. The van der Waals surface area contributed by atoms with Gasteiger partial charge in [0.25, 0.3) is 0 Å². The Kier molecular flexibility index (Phi) is 6.94. The van der Waals surface area contributed by atoms with E-state index < -0.39 is 0 Å². The van der Waals surface area contributed by atoms with Crippen molar-refractivity contribution in [3.63, 3.8) is 0 Å². The first-order valence-electron chi connectivity index (χ1n) is 10.8. The first-order valence-corrected chi connectivity index (χ1v) is 10.8. The molecule has 0 heterocycles. The minimum atomic E-state index is -0.0730. The number of benzene rings is 2. The molecule has 0 radical (unpaired) electrons. The van der Waals surface area contributed by atoms with E-state index in [0.29, 0.717) is 5.92 Å². The summed E-state index contributed by atoms with van der Waals surface area (Å²) in [7, 11) is 0. The van der Waals surface area contributed by atoms with Gasteiger partial charge < -0.3 is 0 Å². The lowest BCUT2D eigenvalue weighted by molar-refractivity contribution is 0.355. The van der Waals surface area contributed by atoms with Crippen LogP contribution in [0.5, 0.6) is 0 Å². The maximum Gasteiger partial charge on any atom is 0.0560 e. The molecule has 0 nitrogen and oxygen atoms in total. The monoisotopic (exact) mass is 368 g/mol. The lowest BCUT2D eigenvalue weighted by Gasteiger charge is -2.33. The average molecular weight is 369 g/mol. The van der Waals surface area contributed by atoms with Gasteiger partial charge in [-0.1, -0.05) is 113 Å². The highest BCUT2D eigenvalue weighted by Gasteiger charge is 2.32. The normalized spacial score (nSPS) is 21.0. The van der Waals surface area contributed by atoms with E-state index in [1.54, 1.807) is 0 Å². The summed E-state index contributed by atoms with van der Waals surface area (Å²) in [5.74, 6) is 7.56. The Labute approximate surface area is 171 Å². The van der Waals surface area contributed by atoms with Gasteiger partial charge in [0.2, 0.25) is 0 Å². The number of hydrogen-bond donors (Lipinski definition) is 0. The molecule has 1 aliphatic carbocycles. The molecule has 0 fully saturated rings. The minimum Gasteiger partial charge on any atom is -0.0863 e. The van der Waals surface area contributed by atoms with Gasteiger partial charge in [-0.2, -0.15) is 0 Å². The van der Waals surface area contributed by atoms with E-state index in [-0.39, 0.29) is 5.41 Å². The highest BCUT2D eigenvalue weighted by molar-refractivity contribution is 5.76. The second-order valence-corrected chi connectivity index (χ2v) is 7.95. The molecule has 3 rings (SSSR count). The van der Waals surface area contributed by atoms with Gasteiger partial charge in [0.05, 0.1) is 5.41 Å². The molecule has 0 spiro atoms. The lowest BCUT2D eigenvalue weighted by Crippen LogP contribution is -2.26. The van der Waals surface area contributed by atoms with Gasteiger partial charge in [0.1, 0.15) is 0 Å². The zero-order chi connectivity index (χ0) is 19.8. The van der Waals surface area contributed by atoms with Crippen LogP contribution in [0.1, 0.15) is 63.1 Å². The lowest BCUT2D eigenvalue weighted by atomic mass is 9.69. The van der Waals surface area contributed by atoms with Gasteiger partial charge in [-0.3, -0.25) is 0 Å². The van der Waals surface area contributed by atoms with E-state index in [9.17, 15) is 0 Å². The second kappa shape index (κ2) is 9.61. The third kappa shape index (κ3) is 4.85. The molecule has 2 atom stereocenters. The summed E-state index contributed by atoms with van der Waals surface area (Å²) in [6.07, 6.45) is 12.9. The van der Waals surface area contributed by atoms with Crippen molar-refractivity contribution in [3.05, 3.63) is 89.5 Å². The number of rotatable bonds is 6. The van der Waals surface area contributed by atoms with Crippen molar-refractivity contribution >= 4 is 5.57 Å². The first kappa shape index (κ1) is 20.2. The molecule has 2 aromatic rings. The third-order valence-corrected chi connectivity index (χ3v) is 5.79. The van der Waals surface area contributed by atoms with E-state index >= 15 is 0 Å². The Morgan fingerprint density at radius 2 is 1.68 bits per heavy atom. The topological polar surface area (TPSA) is 0 Å². The molecule has 0 heteroatoms. The first-order chi connectivity index (χ1) is 13.7. The third-order valence-electron chi connectivity index (χ3n) is 5.79. The SMILES string of the molecule is CCCCC1(C#Cc2ccc(CCC)cc2)C=CC(c2ccccc2)=CC1C. The van der Waals surface area contributed by atoms with Crippen molar-refractivity contribution in [1.82, 2.24) is 0 Å². The summed E-state index contributed by atoms with van der Waals surface area (Å²) in [6.45, 7) is 6.80. The molecule has 1 aliphatic rings. The van der Waals surface area contributed by atoms with Gasteiger partial charge in [0.15, 0.2) is 0 Å². The largest absolute Gasteiger partial charge is 0.0863 e. The molecule has 28 heavy (non-hydrogen) atoms. The van der Waals surface area contributed by atoms with Crippen LogP contribution in [-0.4, -0.2) is 0 Å². The van der Waals surface area contributed by atoms with Crippen LogP contribution in [0, 0.1) is 23.2 Å². The van der Waals surface area contributed by atoms with Crippen LogP contribution in [0.2, 0.25) is 0 Å². The molecule has 144 valence electrons. The van der Waals surface area contributed by atoms with Crippen LogP contribution in [0.15, 0.2) is 72.8 Å². The number of unbranched alkanes of at least 4 members (excludes halogenated alkanes) is 1. The van der Waals surface area contributed by atoms with Gasteiger partial charge in [-0.25, -0.2) is 0 Å². The summed E-state index contributed by atoms with van der Waals surface area (Å²) >= 11 is 0. The molecular formula is C28H32. The van der Waals surface area contributed by atoms with Gasteiger partial charge in [-0.05, 0) is 47.6 Å². The van der Waals surface area contributed by atoms with E-state index in [0.717, 1.165) is 18.4 Å². The summed E-state index contributed by atoms with van der Waals surface area (Å²) in [6, 6.07) is 19.5. The smallest absolute Gasteiger partial charge is 0.0560 e. The molecular weight excluding hydrogens is 336 g/mol. The summed E-state index contributed by atoms with van der Waals surface area (Å²) < 4.78 is 0. The van der Waals surface area contributed by atoms with E-state index in [4.69, 9.17) is 0 Å². The average Bonchev–Trinajstić information content (AvgIpc) is 2.74. The minimum absolute atomic E-state index is 0.0730. The van der Waals surface area contributed by atoms with Crippen molar-refractivity contribution in [2.75, 3.05) is 0 Å². The number of allylic oxidation sites excluding steroid dienone is 4. The second-order valence-electron chi connectivity index (χ2n) is 7.95. The van der Waals surface area contributed by atoms with Crippen molar-refractivity contribution in [2.24, 2.45) is 11.3 Å². The molecule has 0 bridgehead atoms. The Morgan fingerprint density at radius 1 is 0.929 bits per heavy atom. The van der Waals surface area contributed by atoms with Crippen molar-refractivity contribution in [3.8, 4) is 11.8 Å². The molecule has 0 aliphatic heterocycles. The number of aryl methyl sites for hydroxylation is 1. The molecule has 0 saturated heterocycles. The molecule has 0 amide bonds. The van der Waals surface area contributed by atoms with Crippen molar-refractivity contribution in [2.45, 2.75) is 52.9 Å². The van der Waals surface area contributed by atoms with Crippen LogP contribution in [0.4, 0.5) is 0 Å². The summed E-state index contributed by atoms with van der Waals surface area (Å²) in [4.78, 5) is 0. The standard InChI is InChI=1S/C28H32/c1-4-6-19-28(20-17-25-15-13-24(10-5-2)14-16-25)21-18-27(22-23(28)3)26-11-8-7-9-12-26/h7-9,11-16,18,21-23H,4-6,10,19H2,1-3H3. The van der Waals surface area contributed by atoms with Gasteiger partial charge in [0, 0.05) is 5.56 Å². The highest BCUT2D eigenvalue weighted by atomic mass is 14.3. The fourth-order valence-corrected chi connectivity index (χ4v) is 3.92. The predicted molar refractivity (Wildman–Crippen MR) is 122 cm³/mol. The Bertz CT molecular complexity index is 871. The molecule has 0 aromatic heterocycles. The van der Waals surface area contributed by atoms with Crippen molar-refractivity contribution in [1.29, 1.82) is 0 Å². The van der Waals surface area contributed by atoms with Crippen LogP contribution < -0.4 is 0 Å². The van der Waals surface area contributed by atoms with Crippen LogP contribution in [0.3, 0.4) is 0 Å². The molecule has 0 N–H and O–H groups in total. The maximum absolute atomic E-state index is 3.68. The predicted octanol–water partition coefficient (Wildman–Crippen LogP) is 7.46. The van der Waals surface area contributed by atoms with Crippen molar-refractivity contribution < 1.29 is 0 Å². The summed E-state index contributed by atoms with van der Waals surface area (Å²) in [5, 5.41) is 0. The fraction of sp³-hybridized carbons (Fsp3) is 0.357. The maximum atomic E-state index is 3.68. The van der Waals surface area contributed by atoms with Crippen LogP contribution in [-0.2, 0) is 6.42 Å². The number of hydrogen-bond acceptors (Lipinski definition) is 0. The van der Waals surface area contributed by atoms with Gasteiger partial charge >= 0.3 is 0 Å². The van der Waals surface area contributed by atoms with E-state index in [1.807, 2.05) is 0 Å². The highest BCUT2D eigenvalue weighted by Crippen LogP contribution is 2.41. The van der Waals surface area contributed by atoms with E-state index in [2.05, 4.69) is 105 Å². The summed E-state index contributed by atoms with van der Waals surface area (Å²) in [5.41, 5.74) is 5.04. The Morgan fingerprint density at radius 3 is 2.32 bits per heavy atom.